The van der Waals surface area contributed by atoms with Gasteiger partial charge in [0, 0.05) is 22.8 Å². The second-order valence-electron chi connectivity index (χ2n) is 8.21. The van der Waals surface area contributed by atoms with Crippen molar-refractivity contribution in [3.05, 3.63) is 69.5 Å². The van der Waals surface area contributed by atoms with Crippen molar-refractivity contribution in [1.29, 1.82) is 0 Å². The number of halogens is 1. The first-order chi connectivity index (χ1) is 15.7. The van der Waals surface area contributed by atoms with E-state index in [9.17, 15) is 9.59 Å². The molecule has 33 heavy (non-hydrogen) atoms. The molecule has 1 heterocycles. The molecule has 1 atom stereocenters. The molecule has 0 spiro atoms. The number of aromatic nitrogens is 3. The van der Waals surface area contributed by atoms with Crippen molar-refractivity contribution in [2.75, 3.05) is 11.1 Å². The van der Waals surface area contributed by atoms with Crippen molar-refractivity contribution in [2.24, 2.45) is 13.0 Å². The summed E-state index contributed by atoms with van der Waals surface area (Å²) in [5.41, 5.74) is 3.41. The standard InChI is InChI=1S/C24H28BrN5O2S/c1-14(2)20(27-23(32)17-9-7-6-8-10-17)22-28-29-24(30(22)5)33-13-19(31)26-21-15(3)11-18(25)12-16(21)4/h6-12,14,20H,13H2,1-5H3,(H,26,31)(H,27,32)/t20-/m1/s1. The van der Waals surface area contributed by atoms with Gasteiger partial charge in [-0.1, -0.05) is 59.7 Å². The fraction of sp³-hybridized carbons (Fsp3) is 0.333. The minimum absolute atomic E-state index is 0.102. The number of nitrogens with zero attached hydrogens (tertiary/aromatic N) is 3. The highest BCUT2D eigenvalue weighted by Crippen LogP contribution is 2.27. The Hall–Kier alpha value is -2.65. The zero-order valence-electron chi connectivity index (χ0n) is 19.3. The summed E-state index contributed by atoms with van der Waals surface area (Å²) in [5, 5.41) is 15.3. The van der Waals surface area contributed by atoms with Crippen molar-refractivity contribution in [3.8, 4) is 0 Å². The molecule has 2 aromatic carbocycles. The van der Waals surface area contributed by atoms with Crippen LogP contribution in [0.2, 0.25) is 0 Å². The molecule has 0 radical (unpaired) electrons. The molecule has 3 rings (SSSR count). The van der Waals surface area contributed by atoms with Gasteiger partial charge < -0.3 is 15.2 Å². The molecule has 0 bridgehead atoms. The minimum Gasteiger partial charge on any atom is -0.342 e. The quantitative estimate of drug-likeness (QED) is 0.398. The van der Waals surface area contributed by atoms with Crippen molar-refractivity contribution in [2.45, 2.75) is 38.9 Å². The lowest BCUT2D eigenvalue weighted by atomic mass is 10.0. The Morgan fingerprint density at radius 3 is 2.33 bits per heavy atom. The van der Waals surface area contributed by atoms with Gasteiger partial charge in [-0.05, 0) is 55.2 Å². The number of rotatable bonds is 8. The minimum atomic E-state index is -0.313. The van der Waals surface area contributed by atoms with Crippen LogP contribution in [0.3, 0.4) is 0 Å². The molecule has 2 N–H and O–H groups in total. The van der Waals surface area contributed by atoms with Gasteiger partial charge in [-0.3, -0.25) is 9.59 Å². The summed E-state index contributed by atoms with van der Waals surface area (Å²) in [7, 11) is 1.85. The van der Waals surface area contributed by atoms with Gasteiger partial charge in [0.15, 0.2) is 11.0 Å². The lowest BCUT2D eigenvalue weighted by Crippen LogP contribution is -2.33. The number of aryl methyl sites for hydroxylation is 2. The van der Waals surface area contributed by atoms with Gasteiger partial charge in [-0.2, -0.15) is 0 Å². The summed E-state index contributed by atoms with van der Waals surface area (Å²) in [6.07, 6.45) is 0. The highest BCUT2D eigenvalue weighted by molar-refractivity contribution is 9.10. The van der Waals surface area contributed by atoms with Gasteiger partial charge in [0.25, 0.3) is 5.91 Å². The number of carbonyl (C=O) groups is 2. The molecule has 0 saturated heterocycles. The first kappa shape index (κ1) is 25.0. The molecule has 2 amide bonds. The van der Waals surface area contributed by atoms with E-state index in [-0.39, 0.29) is 29.5 Å². The summed E-state index contributed by atoms with van der Waals surface area (Å²) < 4.78 is 2.82. The lowest BCUT2D eigenvalue weighted by Gasteiger charge is -2.21. The monoisotopic (exact) mass is 529 g/mol. The maximum absolute atomic E-state index is 12.7. The number of thioether (sulfide) groups is 1. The molecular weight excluding hydrogens is 502 g/mol. The van der Waals surface area contributed by atoms with Crippen LogP contribution in [0.25, 0.3) is 0 Å². The third kappa shape index (κ3) is 6.23. The molecular formula is C24H28BrN5O2S. The highest BCUT2D eigenvalue weighted by Gasteiger charge is 2.25. The average molecular weight is 530 g/mol. The topological polar surface area (TPSA) is 88.9 Å². The van der Waals surface area contributed by atoms with E-state index in [0.717, 1.165) is 21.3 Å². The van der Waals surface area contributed by atoms with E-state index in [1.54, 1.807) is 12.1 Å². The van der Waals surface area contributed by atoms with Gasteiger partial charge in [-0.15, -0.1) is 10.2 Å². The first-order valence-corrected chi connectivity index (χ1v) is 12.4. The van der Waals surface area contributed by atoms with Crippen LogP contribution in [0.1, 0.15) is 47.2 Å². The normalized spacial score (nSPS) is 12.0. The van der Waals surface area contributed by atoms with Gasteiger partial charge in [0.1, 0.15) is 0 Å². The summed E-state index contributed by atoms with van der Waals surface area (Å²) >= 11 is 4.78. The van der Waals surface area contributed by atoms with Crippen LogP contribution in [0.15, 0.2) is 52.1 Å². The van der Waals surface area contributed by atoms with Crippen LogP contribution < -0.4 is 10.6 Å². The van der Waals surface area contributed by atoms with E-state index in [1.165, 1.54) is 11.8 Å². The predicted octanol–water partition coefficient (Wildman–Crippen LogP) is 5.05. The SMILES string of the molecule is Cc1cc(Br)cc(C)c1NC(=O)CSc1nnc([C@H](NC(=O)c2ccccc2)C(C)C)n1C. The zero-order valence-corrected chi connectivity index (χ0v) is 21.8. The molecule has 0 aliphatic rings. The Balaban J connectivity index is 1.68. The number of carbonyl (C=O) groups excluding carboxylic acids is 2. The third-order valence-electron chi connectivity index (χ3n) is 5.23. The Labute approximate surface area is 206 Å². The van der Waals surface area contributed by atoms with Crippen molar-refractivity contribution < 1.29 is 9.59 Å². The van der Waals surface area contributed by atoms with Crippen LogP contribution in [0.5, 0.6) is 0 Å². The Morgan fingerprint density at radius 2 is 1.73 bits per heavy atom. The molecule has 0 fully saturated rings. The van der Waals surface area contributed by atoms with Crippen LogP contribution in [-0.2, 0) is 11.8 Å². The number of anilines is 1. The second-order valence-corrected chi connectivity index (χ2v) is 10.1. The summed E-state index contributed by atoms with van der Waals surface area (Å²) in [6, 6.07) is 12.7. The lowest BCUT2D eigenvalue weighted by molar-refractivity contribution is -0.113. The molecule has 3 aromatic rings. The van der Waals surface area contributed by atoms with Gasteiger partial charge in [0.05, 0.1) is 11.8 Å². The van der Waals surface area contributed by atoms with E-state index >= 15 is 0 Å². The number of benzene rings is 2. The van der Waals surface area contributed by atoms with Gasteiger partial charge in [-0.25, -0.2) is 0 Å². The zero-order chi connectivity index (χ0) is 24.1. The van der Waals surface area contributed by atoms with Crippen LogP contribution in [0, 0.1) is 19.8 Å². The largest absolute Gasteiger partial charge is 0.342 e. The van der Waals surface area contributed by atoms with E-state index in [4.69, 9.17) is 0 Å². The predicted molar refractivity (Wildman–Crippen MR) is 135 cm³/mol. The Morgan fingerprint density at radius 1 is 1.09 bits per heavy atom. The van der Waals surface area contributed by atoms with Crippen molar-refractivity contribution in [1.82, 2.24) is 20.1 Å². The molecule has 0 aliphatic heterocycles. The van der Waals surface area contributed by atoms with Crippen molar-refractivity contribution >= 4 is 45.2 Å². The molecule has 9 heteroatoms. The van der Waals surface area contributed by atoms with E-state index in [2.05, 4.69) is 36.8 Å². The number of hydrogen-bond donors (Lipinski definition) is 2. The molecule has 0 unspecified atom stereocenters. The summed E-state index contributed by atoms with van der Waals surface area (Å²) in [5.74, 6) is 0.674. The van der Waals surface area contributed by atoms with Gasteiger partial charge >= 0.3 is 0 Å². The maximum atomic E-state index is 12.7. The summed E-state index contributed by atoms with van der Waals surface area (Å²) in [6.45, 7) is 7.97. The fourth-order valence-corrected chi connectivity index (χ4v) is 4.88. The second kappa shape index (κ2) is 11.0. The average Bonchev–Trinajstić information content (AvgIpc) is 3.13. The molecule has 0 saturated carbocycles. The van der Waals surface area contributed by atoms with Crippen LogP contribution >= 0.6 is 27.7 Å². The Bertz CT molecular complexity index is 1120. The van der Waals surface area contributed by atoms with Crippen LogP contribution in [-0.4, -0.2) is 32.3 Å². The molecule has 174 valence electrons. The third-order valence-corrected chi connectivity index (χ3v) is 6.71. The smallest absolute Gasteiger partial charge is 0.251 e. The number of amides is 2. The fourth-order valence-electron chi connectivity index (χ4n) is 3.48. The van der Waals surface area contributed by atoms with E-state index in [0.29, 0.717) is 16.5 Å². The van der Waals surface area contributed by atoms with E-state index in [1.807, 2.05) is 69.6 Å². The first-order valence-electron chi connectivity index (χ1n) is 10.6. The maximum Gasteiger partial charge on any atom is 0.251 e. The van der Waals surface area contributed by atoms with Crippen molar-refractivity contribution in [3.63, 3.8) is 0 Å². The number of nitrogens with one attached hydrogen (secondary N) is 2. The molecule has 1 aromatic heterocycles. The highest BCUT2D eigenvalue weighted by atomic mass is 79.9. The molecule has 7 nitrogen and oxygen atoms in total. The van der Waals surface area contributed by atoms with Crippen LogP contribution in [0.4, 0.5) is 5.69 Å². The van der Waals surface area contributed by atoms with Gasteiger partial charge in [0.2, 0.25) is 5.91 Å². The Kier molecular flexibility index (Phi) is 8.31. The summed E-state index contributed by atoms with van der Waals surface area (Å²) in [4.78, 5) is 25.3. The molecule has 0 aliphatic carbocycles. The van der Waals surface area contributed by atoms with E-state index < -0.39 is 0 Å². The number of hydrogen-bond acceptors (Lipinski definition) is 5.